The third-order valence-electron chi connectivity index (χ3n) is 2.41. The van der Waals surface area contributed by atoms with Crippen LogP contribution in [0.5, 0.6) is 0 Å². The van der Waals surface area contributed by atoms with E-state index in [4.69, 9.17) is 5.73 Å². The molecule has 0 amide bonds. The highest BCUT2D eigenvalue weighted by atomic mass is 16.6. The van der Waals surface area contributed by atoms with Crippen LogP contribution in [0.4, 0.5) is 17.2 Å². The molecule has 0 saturated heterocycles. The molecule has 0 saturated carbocycles. The molecule has 0 aliphatic carbocycles. The minimum absolute atomic E-state index is 0.159. The van der Waals surface area contributed by atoms with Crippen LogP contribution in [0.3, 0.4) is 0 Å². The standard InChI is InChI=1S/C12H12N4O2/c13-10-3-1-9(2-4-10)7-14-11-5-6-12(15-8-11)16(17)18/h1-6,8,14H,7,13H2. The zero-order valence-electron chi connectivity index (χ0n) is 9.54. The first-order chi connectivity index (χ1) is 8.65. The first kappa shape index (κ1) is 11.8. The number of nitrogen functional groups attached to an aromatic ring is 1. The molecule has 0 spiro atoms. The summed E-state index contributed by atoms with van der Waals surface area (Å²) in [5.74, 6) is -0.159. The molecule has 1 aromatic heterocycles. The summed E-state index contributed by atoms with van der Waals surface area (Å²) in [6.07, 6.45) is 1.44. The van der Waals surface area contributed by atoms with Crippen LogP contribution in [-0.4, -0.2) is 9.91 Å². The molecule has 0 aliphatic heterocycles. The zero-order chi connectivity index (χ0) is 13.0. The van der Waals surface area contributed by atoms with Gasteiger partial charge in [0.05, 0.1) is 5.69 Å². The molecular formula is C12H12N4O2. The number of hydrogen-bond donors (Lipinski definition) is 2. The number of pyridine rings is 1. The summed E-state index contributed by atoms with van der Waals surface area (Å²) in [6, 6.07) is 10.5. The molecule has 0 unspecified atom stereocenters. The molecule has 3 N–H and O–H groups in total. The highest BCUT2D eigenvalue weighted by Crippen LogP contribution is 2.13. The second-order valence-electron chi connectivity index (χ2n) is 3.76. The van der Waals surface area contributed by atoms with Crippen LogP contribution in [0.1, 0.15) is 5.56 Å². The van der Waals surface area contributed by atoms with Crippen LogP contribution in [-0.2, 0) is 6.54 Å². The number of benzene rings is 1. The van der Waals surface area contributed by atoms with E-state index in [-0.39, 0.29) is 5.82 Å². The second kappa shape index (κ2) is 5.13. The summed E-state index contributed by atoms with van der Waals surface area (Å²) in [5, 5.41) is 13.6. The first-order valence-corrected chi connectivity index (χ1v) is 5.34. The molecule has 2 aromatic rings. The molecule has 0 radical (unpaired) electrons. The van der Waals surface area contributed by atoms with E-state index in [0.29, 0.717) is 6.54 Å². The summed E-state index contributed by atoms with van der Waals surface area (Å²) in [4.78, 5) is 13.6. The van der Waals surface area contributed by atoms with Gasteiger partial charge in [0.1, 0.15) is 0 Å². The lowest BCUT2D eigenvalue weighted by Crippen LogP contribution is -2.00. The molecule has 0 atom stereocenters. The number of aromatic nitrogens is 1. The number of nitrogens with one attached hydrogen (secondary N) is 1. The van der Waals surface area contributed by atoms with Crippen molar-refractivity contribution in [1.82, 2.24) is 4.98 Å². The maximum Gasteiger partial charge on any atom is 0.363 e. The summed E-state index contributed by atoms with van der Waals surface area (Å²) in [7, 11) is 0. The maximum atomic E-state index is 10.4. The number of nitrogens with two attached hydrogens (primary N) is 1. The van der Waals surface area contributed by atoms with Crippen molar-refractivity contribution in [1.29, 1.82) is 0 Å². The van der Waals surface area contributed by atoms with E-state index < -0.39 is 4.92 Å². The lowest BCUT2D eigenvalue weighted by atomic mass is 10.2. The quantitative estimate of drug-likeness (QED) is 0.488. The molecule has 6 nitrogen and oxygen atoms in total. The summed E-state index contributed by atoms with van der Waals surface area (Å²) < 4.78 is 0. The lowest BCUT2D eigenvalue weighted by molar-refractivity contribution is -0.389. The Hall–Kier alpha value is -2.63. The Balaban J connectivity index is 1.97. The van der Waals surface area contributed by atoms with Crippen LogP contribution in [0.15, 0.2) is 42.6 Å². The summed E-state index contributed by atoms with van der Waals surface area (Å²) >= 11 is 0. The van der Waals surface area contributed by atoms with E-state index in [0.717, 1.165) is 16.9 Å². The highest BCUT2D eigenvalue weighted by molar-refractivity contribution is 5.45. The molecule has 1 aromatic carbocycles. The molecular weight excluding hydrogens is 232 g/mol. The van der Waals surface area contributed by atoms with Crippen LogP contribution in [0, 0.1) is 10.1 Å². The summed E-state index contributed by atoms with van der Waals surface area (Å²) in [5.41, 5.74) is 8.11. The Bertz CT molecular complexity index is 537. The number of nitro groups is 1. The topological polar surface area (TPSA) is 94.1 Å². The number of nitrogens with zero attached hydrogens (tertiary/aromatic N) is 2. The van der Waals surface area contributed by atoms with Crippen LogP contribution >= 0.6 is 0 Å². The highest BCUT2D eigenvalue weighted by Gasteiger charge is 2.05. The lowest BCUT2D eigenvalue weighted by Gasteiger charge is -2.05. The van der Waals surface area contributed by atoms with Gasteiger partial charge in [0.25, 0.3) is 0 Å². The smallest absolute Gasteiger partial charge is 0.363 e. The summed E-state index contributed by atoms with van der Waals surface area (Å²) in [6.45, 7) is 0.611. The fraction of sp³-hybridized carbons (Fsp3) is 0.0833. The third kappa shape index (κ3) is 2.94. The molecule has 1 heterocycles. The van der Waals surface area contributed by atoms with Gasteiger partial charge in [-0.25, -0.2) is 0 Å². The Labute approximate surface area is 104 Å². The number of rotatable bonds is 4. The first-order valence-electron chi connectivity index (χ1n) is 5.34. The predicted molar refractivity (Wildman–Crippen MR) is 69.1 cm³/mol. The van der Waals surface area contributed by atoms with E-state index in [2.05, 4.69) is 10.3 Å². The third-order valence-corrected chi connectivity index (χ3v) is 2.41. The Morgan fingerprint density at radius 1 is 1.22 bits per heavy atom. The van der Waals surface area contributed by atoms with Gasteiger partial charge >= 0.3 is 5.82 Å². The van der Waals surface area contributed by atoms with E-state index in [9.17, 15) is 10.1 Å². The maximum absolute atomic E-state index is 10.4. The van der Waals surface area contributed by atoms with Crippen molar-refractivity contribution in [3.63, 3.8) is 0 Å². The van der Waals surface area contributed by atoms with Crippen molar-refractivity contribution in [2.75, 3.05) is 11.1 Å². The van der Waals surface area contributed by atoms with Gasteiger partial charge in [-0.2, -0.15) is 0 Å². The molecule has 2 rings (SSSR count). The molecule has 92 valence electrons. The van der Waals surface area contributed by atoms with Crippen molar-refractivity contribution in [2.45, 2.75) is 6.54 Å². The van der Waals surface area contributed by atoms with E-state index in [1.54, 1.807) is 6.07 Å². The Kier molecular flexibility index (Phi) is 3.38. The monoisotopic (exact) mass is 244 g/mol. The average Bonchev–Trinajstić information content (AvgIpc) is 2.38. The van der Waals surface area contributed by atoms with Gasteiger partial charge in [-0.05, 0) is 33.7 Å². The van der Waals surface area contributed by atoms with Crippen molar-refractivity contribution < 1.29 is 4.92 Å². The van der Waals surface area contributed by atoms with Crippen molar-refractivity contribution in [3.05, 3.63) is 58.3 Å². The minimum Gasteiger partial charge on any atom is -0.399 e. The predicted octanol–water partition coefficient (Wildman–Crippen LogP) is 2.18. The van der Waals surface area contributed by atoms with Crippen molar-refractivity contribution in [2.24, 2.45) is 0 Å². The van der Waals surface area contributed by atoms with Crippen LogP contribution < -0.4 is 11.1 Å². The molecule has 6 heteroatoms. The van der Waals surface area contributed by atoms with Gasteiger partial charge in [-0.1, -0.05) is 12.1 Å². The minimum atomic E-state index is -0.524. The van der Waals surface area contributed by atoms with Crippen molar-refractivity contribution >= 4 is 17.2 Å². The normalized spacial score (nSPS) is 10.0. The van der Waals surface area contributed by atoms with Crippen molar-refractivity contribution in [3.8, 4) is 0 Å². The fourth-order valence-electron chi connectivity index (χ4n) is 1.44. The molecule has 0 fully saturated rings. The van der Waals surface area contributed by atoms with Gasteiger partial charge in [0.15, 0.2) is 6.20 Å². The average molecular weight is 244 g/mol. The molecule has 18 heavy (non-hydrogen) atoms. The van der Waals surface area contributed by atoms with Gasteiger partial charge in [0.2, 0.25) is 0 Å². The van der Waals surface area contributed by atoms with E-state index in [1.165, 1.54) is 12.3 Å². The van der Waals surface area contributed by atoms with E-state index in [1.807, 2.05) is 24.3 Å². The SMILES string of the molecule is Nc1ccc(CNc2ccc([N+](=O)[O-])nc2)cc1. The van der Waals surface area contributed by atoms with Gasteiger partial charge in [-0.15, -0.1) is 0 Å². The molecule has 0 aliphatic rings. The zero-order valence-corrected chi connectivity index (χ0v) is 9.54. The van der Waals surface area contributed by atoms with Crippen LogP contribution in [0.25, 0.3) is 0 Å². The number of hydrogen-bond acceptors (Lipinski definition) is 5. The Morgan fingerprint density at radius 3 is 2.50 bits per heavy atom. The van der Waals surface area contributed by atoms with Gasteiger partial charge in [0, 0.05) is 18.3 Å². The fourth-order valence-corrected chi connectivity index (χ4v) is 1.44. The van der Waals surface area contributed by atoms with Gasteiger partial charge in [-0.3, -0.25) is 0 Å². The molecule has 0 bridgehead atoms. The second-order valence-corrected chi connectivity index (χ2v) is 3.76. The number of anilines is 2. The largest absolute Gasteiger partial charge is 0.399 e. The van der Waals surface area contributed by atoms with Crippen LogP contribution in [0.2, 0.25) is 0 Å². The van der Waals surface area contributed by atoms with E-state index >= 15 is 0 Å². The van der Waals surface area contributed by atoms with Gasteiger partial charge < -0.3 is 21.2 Å². The Morgan fingerprint density at radius 2 is 1.94 bits per heavy atom.